The molecule has 0 aliphatic rings. The molecular formula is C20H20N4OS. The molecule has 132 valence electrons. The highest BCUT2D eigenvalue weighted by atomic mass is 32.2. The number of aromatic amines is 1. The molecule has 6 heteroatoms. The van der Waals surface area contributed by atoms with Gasteiger partial charge in [-0.3, -0.25) is 4.79 Å². The molecule has 26 heavy (non-hydrogen) atoms. The minimum absolute atomic E-state index is 0.0804. The summed E-state index contributed by atoms with van der Waals surface area (Å²) in [6.07, 6.45) is 1.73. The van der Waals surface area contributed by atoms with Crippen molar-refractivity contribution in [2.45, 2.75) is 31.7 Å². The van der Waals surface area contributed by atoms with Crippen LogP contribution < -0.4 is 10.0 Å². The first-order chi connectivity index (χ1) is 12.5. The number of nitrogens with one attached hydrogen (secondary N) is 3. The fourth-order valence-electron chi connectivity index (χ4n) is 2.75. The molecule has 0 fully saturated rings. The number of H-pyrrole nitrogens is 1. The third-order valence-electron chi connectivity index (χ3n) is 3.96. The van der Waals surface area contributed by atoms with Crippen molar-refractivity contribution in [3.63, 3.8) is 0 Å². The highest BCUT2D eigenvalue weighted by molar-refractivity contribution is 8.00. The zero-order chi connectivity index (χ0) is 18.7. The van der Waals surface area contributed by atoms with Crippen LogP contribution in [-0.4, -0.2) is 16.9 Å². The molecule has 5 nitrogen and oxygen atoms in total. The lowest BCUT2D eigenvalue weighted by Gasteiger charge is -2.11. The van der Waals surface area contributed by atoms with Crippen molar-refractivity contribution in [3.8, 4) is 6.07 Å². The van der Waals surface area contributed by atoms with Gasteiger partial charge in [0.25, 0.3) is 5.91 Å². The molecule has 0 atom stereocenters. The maximum Gasteiger partial charge on any atom is 0.251 e. The van der Waals surface area contributed by atoms with E-state index in [-0.39, 0.29) is 11.9 Å². The molecule has 1 amide bonds. The molecule has 1 aromatic heterocycles. The first-order valence-electron chi connectivity index (χ1n) is 8.34. The molecule has 0 saturated heterocycles. The third kappa shape index (κ3) is 3.68. The minimum atomic E-state index is -0.0804. The molecule has 0 bridgehead atoms. The summed E-state index contributed by atoms with van der Waals surface area (Å²) in [5, 5.41) is 13.1. The monoisotopic (exact) mass is 364 g/mol. The van der Waals surface area contributed by atoms with Crippen molar-refractivity contribution >= 4 is 34.4 Å². The second kappa shape index (κ2) is 7.54. The lowest BCUT2D eigenvalue weighted by atomic mass is 10.1. The van der Waals surface area contributed by atoms with Crippen molar-refractivity contribution in [1.29, 1.82) is 5.26 Å². The summed E-state index contributed by atoms with van der Waals surface area (Å²) in [6, 6.07) is 13.8. The summed E-state index contributed by atoms with van der Waals surface area (Å²) in [6.45, 7) is 5.86. The van der Waals surface area contributed by atoms with Crippen molar-refractivity contribution in [2.75, 3.05) is 4.72 Å². The zero-order valence-electron chi connectivity index (χ0n) is 14.9. The molecule has 0 saturated carbocycles. The van der Waals surface area contributed by atoms with Gasteiger partial charge in [0.15, 0.2) is 0 Å². The van der Waals surface area contributed by atoms with E-state index < -0.39 is 0 Å². The SMILES string of the molecule is Cc1ccc(NSc2cccc(C(=O)NC(C)C)c2)c2[nH]cc(C#N)c12. The van der Waals surface area contributed by atoms with Gasteiger partial charge in [-0.05, 0) is 62.5 Å². The molecule has 0 unspecified atom stereocenters. The maximum absolute atomic E-state index is 12.2. The van der Waals surface area contributed by atoms with E-state index >= 15 is 0 Å². The van der Waals surface area contributed by atoms with Gasteiger partial charge in [-0.15, -0.1) is 0 Å². The van der Waals surface area contributed by atoms with Gasteiger partial charge in [-0.25, -0.2) is 0 Å². The predicted molar refractivity (Wildman–Crippen MR) is 106 cm³/mol. The van der Waals surface area contributed by atoms with Gasteiger partial charge in [-0.2, -0.15) is 5.26 Å². The van der Waals surface area contributed by atoms with Crippen LogP contribution >= 0.6 is 11.9 Å². The van der Waals surface area contributed by atoms with E-state index in [1.54, 1.807) is 12.3 Å². The topological polar surface area (TPSA) is 80.7 Å². The number of aromatic nitrogens is 1. The second-order valence-corrected chi connectivity index (χ2v) is 7.23. The number of nitrogens with zero attached hydrogens (tertiary/aromatic N) is 1. The Morgan fingerprint density at radius 1 is 1.27 bits per heavy atom. The molecule has 3 rings (SSSR count). The van der Waals surface area contributed by atoms with Crippen LogP contribution in [-0.2, 0) is 0 Å². The fraction of sp³-hybridized carbons (Fsp3) is 0.200. The van der Waals surface area contributed by atoms with Gasteiger partial charge in [0.1, 0.15) is 6.07 Å². The molecule has 2 aromatic carbocycles. The van der Waals surface area contributed by atoms with Crippen LogP contribution in [0.4, 0.5) is 5.69 Å². The minimum Gasteiger partial charge on any atom is -0.358 e. The zero-order valence-corrected chi connectivity index (χ0v) is 15.7. The average Bonchev–Trinajstić information content (AvgIpc) is 3.06. The van der Waals surface area contributed by atoms with E-state index in [0.29, 0.717) is 11.1 Å². The molecule has 3 N–H and O–H groups in total. The Morgan fingerprint density at radius 2 is 2.08 bits per heavy atom. The Labute approximate surface area is 156 Å². The second-order valence-electron chi connectivity index (χ2n) is 6.35. The first-order valence-corrected chi connectivity index (χ1v) is 9.16. The number of fused-ring (bicyclic) bond motifs is 1. The standard InChI is InChI=1S/C20H20N4OS/c1-12(2)23-20(25)14-5-4-6-16(9-14)26-24-17-8-7-13(3)18-15(10-21)11-22-19(17)18/h4-9,11-12,22,24H,1-3H3,(H,23,25). The highest BCUT2D eigenvalue weighted by Gasteiger charge is 2.11. The molecule has 0 aliphatic carbocycles. The number of nitriles is 1. The van der Waals surface area contributed by atoms with Gasteiger partial charge in [0.05, 0.1) is 16.8 Å². The van der Waals surface area contributed by atoms with E-state index in [4.69, 9.17) is 0 Å². The van der Waals surface area contributed by atoms with Crippen molar-refractivity contribution in [2.24, 2.45) is 0 Å². The fourth-order valence-corrected chi connectivity index (χ4v) is 3.48. The summed E-state index contributed by atoms with van der Waals surface area (Å²) in [4.78, 5) is 16.3. The van der Waals surface area contributed by atoms with E-state index in [1.165, 1.54) is 11.9 Å². The molecule has 0 radical (unpaired) electrons. The number of anilines is 1. The van der Waals surface area contributed by atoms with Gasteiger partial charge in [-0.1, -0.05) is 12.1 Å². The van der Waals surface area contributed by atoms with Crippen molar-refractivity contribution < 1.29 is 4.79 Å². The van der Waals surface area contributed by atoms with Crippen LogP contribution in [0.25, 0.3) is 10.9 Å². The normalized spacial score (nSPS) is 10.7. The van der Waals surface area contributed by atoms with Crippen LogP contribution in [0.2, 0.25) is 0 Å². The van der Waals surface area contributed by atoms with E-state index in [9.17, 15) is 10.1 Å². The maximum atomic E-state index is 12.2. The van der Waals surface area contributed by atoms with Crippen molar-refractivity contribution in [3.05, 3.63) is 59.3 Å². The molecule has 0 aliphatic heterocycles. The summed E-state index contributed by atoms with van der Waals surface area (Å²) in [7, 11) is 0. The predicted octanol–water partition coefficient (Wildman–Crippen LogP) is 4.61. The number of carbonyl (C=O) groups is 1. The molecule has 0 spiro atoms. The number of hydrogen-bond donors (Lipinski definition) is 3. The Hall–Kier alpha value is -2.91. The average molecular weight is 364 g/mol. The quantitative estimate of drug-likeness (QED) is 0.578. The number of benzene rings is 2. The van der Waals surface area contributed by atoms with Gasteiger partial charge in [0, 0.05) is 28.1 Å². The van der Waals surface area contributed by atoms with E-state index in [0.717, 1.165) is 27.0 Å². The number of rotatable bonds is 5. The third-order valence-corrected chi connectivity index (χ3v) is 4.77. The van der Waals surface area contributed by atoms with E-state index in [1.807, 2.05) is 51.1 Å². The van der Waals surface area contributed by atoms with Crippen LogP contribution in [0.15, 0.2) is 47.5 Å². The number of hydrogen-bond acceptors (Lipinski definition) is 4. The van der Waals surface area contributed by atoms with Crippen LogP contribution in [0, 0.1) is 18.3 Å². The van der Waals surface area contributed by atoms with Crippen LogP contribution in [0.1, 0.15) is 35.3 Å². The van der Waals surface area contributed by atoms with Gasteiger partial charge >= 0.3 is 0 Å². The Morgan fingerprint density at radius 3 is 2.81 bits per heavy atom. The van der Waals surface area contributed by atoms with E-state index in [2.05, 4.69) is 21.1 Å². The number of carbonyl (C=O) groups excluding carboxylic acids is 1. The molecule has 3 aromatic rings. The van der Waals surface area contributed by atoms with Crippen molar-refractivity contribution in [1.82, 2.24) is 10.3 Å². The number of aryl methyl sites for hydroxylation is 1. The summed E-state index contributed by atoms with van der Waals surface area (Å²) in [5.74, 6) is -0.0804. The largest absolute Gasteiger partial charge is 0.358 e. The summed E-state index contributed by atoms with van der Waals surface area (Å²) >= 11 is 1.43. The Bertz CT molecular complexity index is 1000. The Kier molecular flexibility index (Phi) is 5.19. The van der Waals surface area contributed by atoms with Crippen LogP contribution in [0.5, 0.6) is 0 Å². The lowest BCUT2D eigenvalue weighted by molar-refractivity contribution is 0.0943. The van der Waals surface area contributed by atoms with Gasteiger partial charge < -0.3 is 15.0 Å². The summed E-state index contributed by atoms with van der Waals surface area (Å²) < 4.78 is 3.32. The molecular weight excluding hydrogens is 344 g/mol. The van der Waals surface area contributed by atoms with Gasteiger partial charge in [0.2, 0.25) is 0 Å². The molecule has 1 heterocycles. The Balaban J connectivity index is 1.81. The lowest BCUT2D eigenvalue weighted by Crippen LogP contribution is -2.30. The number of amides is 1. The van der Waals surface area contributed by atoms with Crippen LogP contribution in [0.3, 0.4) is 0 Å². The highest BCUT2D eigenvalue weighted by Crippen LogP contribution is 2.31. The first kappa shape index (κ1) is 17.9. The smallest absolute Gasteiger partial charge is 0.251 e. The summed E-state index contributed by atoms with van der Waals surface area (Å²) in [5.41, 5.74) is 4.13.